The second kappa shape index (κ2) is 8.27. The summed E-state index contributed by atoms with van der Waals surface area (Å²) in [5.41, 5.74) is 1.44. The number of halogens is 1. The summed E-state index contributed by atoms with van der Waals surface area (Å²) in [6, 6.07) is 5.38. The van der Waals surface area contributed by atoms with Crippen molar-refractivity contribution in [2.45, 2.75) is 67.7 Å². The van der Waals surface area contributed by atoms with E-state index in [-0.39, 0.29) is 36.1 Å². The van der Waals surface area contributed by atoms with E-state index in [4.69, 9.17) is 9.15 Å². The van der Waals surface area contributed by atoms with Crippen LogP contribution in [0.4, 0.5) is 0 Å². The number of benzene rings is 1. The molecule has 192 valence electrons. The van der Waals surface area contributed by atoms with E-state index in [1.165, 1.54) is 18.4 Å². The molecule has 1 unspecified atom stereocenters. The molecule has 1 aromatic heterocycles. The predicted molar refractivity (Wildman–Crippen MR) is 136 cm³/mol. The second-order valence-electron chi connectivity index (χ2n) is 11.2. The first kappa shape index (κ1) is 23.9. The van der Waals surface area contributed by atoms with Crippen LogP contribution in [0, 0.1) is 5.92 Å². The molecule has 3 aliphatic carbocycles. The van der Waals surface area contributed by atoms with Gasteiger partial charge >= 0.3 is 0 Å². The third-order valence-corrected chi connectivity index (χ3v) is 9.54. The molecule has 1 aromatic carbocycles. The van der Waals surface area contributed by atoms with Crippen LogP contribution in [0.15, 0.2) is 41.2 Å². The van der Waals surface area contributed by atoms with E-state index in [1.807, 2.05) is 19.2 Å². The van der Waals surface area contributed by atoms with Gasteiger partial charge in [-0.05, 0) is 74.8 Å². The first-order valence-corrected chi connectivity index (χ1v) is 12.9. The maximum atomic E-state index is 13.2. The highest BCUT2D eigenvalue weighted by molar-refractivity contribution is 5.92. The second-order valence-corrected chi connectivity index (χ2v) is 11.2. The molecule has 2 aliphatic heterocycles. The first-order valence-electron chi connectivity index (χ1n) is 12.9. The monoisotopic (exact) mass is 512 g/mol. The molecule has 8 heteroatoms. The Bertz CT molecular complexity index is 1210. The molecule has 36 heavy (non-hydrogen) atoms. The predicted octanol–water partition coefficient (Wildman–Crippen LogP) is 3.51. The largest absolute Gasteiger partial charge is 0.504 e. The van der Waals surface area contributed by atoms with Gasteiger partial charge in [-0.3, -0.25) is 9.69 Å². The van der Waals surface area contributed by atoms with Gasteiger partial charge in [0.25, 0.3) is 0 Å². The zero-order chi connectivity index (χ0) is 23.9. The molecular weight excluding hydrogens is 480 g/mol. The van der Waals surface area contributed by atoms with Crippen LogP contribution in [0.5, 0.6) is 11.5 Å². The van der Waals surface area contributed by atoms with Gasteiger partial charge in [-0.15, -0.1) is 12.4 Å². The molecule has 5 aliphatic rings. The quantitative estimate of drug-likeness (QED) is 0.596. The summed E-state index contributed by atoms with van der Waals surface area (Å²) in [4.78, 5) is 17.5. The molecule has 3 fully saturated rings. The van der Waals surface area contributed by atoms with Crippen LogP contribution in [0.2, 0.25) is 0 Å². The molecule has 3 heterocycles. The Morgan fingerprint density at radius 3 is 2.83 bits per heavy atom. The average Bonchev–Trinajstić information content (AvgIpc) is 3.36. The summed E-state index contributed by atoms with van der Waals surface area (Å²) in [5, 5.41) is 23.3. The highest BCUT2D eigenvalue weighted by Gasteiger charge is 2.73. The molecule has 7 rings (SSSR count). The zero-order valence-corrected chi connectivity index (χ0v) is 21.2. The smallest absolute Gasteiger partial charge is 0.246 e. The average molecular weight is 513 g/mol. The van der Waals surface area contributed by atoms with Crippen molar-refractivity contribution in [3.63, 3.8) is 0 Å². The minimum atomic E-state index is -0.941. The molecule has 7 nitrogen and oxygen atoms in total. The van der Waals surface area contributed by atoms with Crippen LogP contribution in [-0.4, -0.2) is 69.8 Å². The lowest BCUT2D eigenvalue weighted by molar-refractivity contribution is -0.200. The van der Waals surface area contributed by atoms with Crippen molar-refractivity contribution in [1.82, 2.24) is 9.80 Å². The number of ether oxygens (including phenoxy) is 1. The van der Waals surface area contributed by atoms with Crippen molar-refractivity contribution in [2.24, 2.45) is 5.92 Å². The molecule has 2 aromatic rings. The number of piperidine rings is 1. The Morgan fingerprint density at radius 1 is 1.25 bits per heavy atom. The summed E-state index contributed by atoms with van der Waals surface area (Å²) >= 11 is 0. The van der Waals surface area contributed by atoms with Crippen molar-refractivity contribution < 1.29 is 24.2 Å². The topological polar surface area (TPSA) is 86.4 Å². The molecule has 1 saturated heterocycles. The number of rotatable bonds is 5. The van der Waals surface area contributed by atoms with Crippen LogP contribution in [0.1, 0.15) is 48.8 Å². The molecule has 1 amide bonds. The summed E-state index contributed by atoms with van der Waals surface area (Å²) < 4.78 is 11.7. The van der Waals surface area contributed by atoms with Gasteiger partial charge in [-0.2, -0.15) is 0 Å². The summed E-state index contributed by atoms with van der Waals surface area (Å²) in [6.45, 7) is 1.96. The molecule has 2 bridgehead atoms. The van der Waals surface area contributed by atoms with Crippen molar-refractivity contribution in [3.05, 3.63) is 53.5 Å². The molecule has 5 atom stereocenters. The third kappa shape index (κ3) is 3.15. The third-order valence-electron chi connectivity index (χ3n) is 9.54. The number of carbonyl (C=O) groups is 1. The standard InChI is InChI=1S/C28H32N2O5.ClH/c1-29(23(32)7-4-18-9-13-34-16-18)20-8-10-28(33)22-14-19-5-6-21(31)25-24(19)27(28,26(20)35-25)11-12-30(22)15-17-2-3-17;/h4-7,9,13,16-17,20,22,26,31,33H,2-3,8,10-12,14-15H2,1H3;1H/b7-4+;/t20-,22?,26+,27+,28-;/m1./s1. The summed E-state index contributed by atoms with van der Waals surface area (Å²) in [7, 11) is 1.82. The summed E-state index contributed by atoms with van der Waals surface area (Å²) in [6.07, 6.45) is 11.5. The fourth-order valence-corrected chi connectivity index (χ4v) is 7.67. The van der Waals surface area contributed by atoms with E-state index >= 15 is 0 Å². The lowest BCUT2D eigenvalue weighted by Crippen LogP contribution is -2.78. The normalized spacial score (nSPS) is 34.1. The highest BCUT2D eigenvalue weighted by atomic mass is 35.5. The zero-order valence-electron chi connectivity index (χ0n) is 20.4. The molecule has 2 N–H and O–H groups in total. The lowest BCUT2D eigenvalue weighted by Gasteiger charge is -2.64. The Balaban J connectivity index is 0.00000240. The molecular formula is C28H33ClN2O5. The molecule has 1 spiro atoms. The van der Waals surface area contributed by atoms with Gasteiger partial charge in [-0.25, -0.2) is 0 Å². The maximum Gasteiger partial charge on any atom is 0.246 e. The van der Waals surface area contributed by atoms with E-state index in [0.29, 0.717) is 18.6 Å². The van der Waals surface area contributed by atoms with Crippen LogP contribution in [0.3, 0.4) is 0 Å². The fraction of sp³-hybridized carbons (Fsp3) is 0.536. The number of phenols is 1. The van der Waals surface area contributed by atoms with Crippen LogP contribution >= 0.6 is 12.4 Å². The number of likely N-dealkylation sites (tertiary alicyclic amines) is 1. The number of amides is 1. The highest BCUT2D eigenvalue weighted by Crippen LogP contribution is 2.66. The Hall–Kier alpha value is -2.48. The van der Waals surface area contributed by atoms with E-state index in [0.717, 1.165) is 43.0 Å². The maximum absolute atomic E-state index is 13.2. The van der Waals surface area contributed by atoms with Crippen LogP contribution in [0.25, 0.3) is 6.08 Å². The van der Waals surface area contributed by atoms with Crippen LogP contribution < -0.4 is 4.74 Å². The number of likely N-dealkylation sites (N-methyl/N-ethyl adjacent to an activating group) is 1. The van der Waals surface area contributed by atoms with Crippen molar-refractivity contribution in [3.8, 4) is 11.5 Å². The summed E-state index contributed by atoms with van der Waals surface area (Å²) in [5.74, 6) is 1.28. The van der Waals surface area contributed by atoms with E-state index in [1.54, 1.807) is 35.6 Å². The number of aliphatic hydroxyl groups is 1. The number of hydrogen-bond acceptors (Lipinski definition) is 6. The van der Waals surface area contributed by atoms with Gasteiger partial charge in [-0.1, -0.05) is 6.07 Å². The van der Waals surface area contributed by atoms with Crippen molar-refractivity contribution in [1.29, 1.82) is 0 Å². The Labute approximate surface area is 217 Å². The number of hydrogen-bond donors (Lipinski definition) is 2. The minimum absolute atomic E-state index is 0. The molecule has 0 radical (unpaired) electrons. The Kier molecular flexibility index (Phi) is 5.49. The minimum Gasteiger partial charge on any atom is -0.504 e. The van der Waals surface area contributed by atoms with E-state index in [2.05, 4.69) is 4.90 Å². The Morgan fingerprint density at radius 2 is 2.08 bits per heavy atom. The fourth-order valence-electron chi connectivity index (χ4n) is 7.67. The number of aromatic hydroxyl groups is 1. The van der Waals surface area contributed by atoms with Gasteiger partial charge < -0.3 is 24.3 Å². The number of carbonyl (C=O) groups excluding carboxylic acids is 1. The van der Waals surface area contributed by atoms with Gasteiger partial charge in [0, 0.05) is 36.8 Å². The van der Waals surface area contributed by atoms with Gasteiger partial charge in [0.1, 0.15) is 6.10 Å². The number of phenolic OH excluding ortho intramolecular Hbond substituents is 1. The number of nitrogens with zero attached hydrogens (tertiary/aromatic N) is 2. The van der Waals surface area contributed by atoms with Crippen molar-refractivity contribution >= 4 is 24.4 Å². The first-order chi connectivity index (χ1) is 16.9. The van der Waals surface area contributed by atoms with Gasteiger partial charge in [0.05, 0.1) is 29.6 Å². The van der Waals surface area contributed by atoms with Crippen molar-refractivity contribution in [2.75, 3.05) is 20.1 Å². The molecule has 2 saturated carbocycles. The lowest BCUT2D eigenvalue weighted by atomic mass is 9.48. The SMILES string of the molecule is CN(C(=O)/C=C/c1ccoc1)[C@@H]1CC[C@@]2(O)C3Cc4ccc(O)c5c4[C@@]2(CCN3CC2CC2)[C@H]1O5.Cl. The number of furan rings is 1. The van der Waals surface area contributed by atoms with Gasteiger partial charge in [0.15, 0.2) is 11.5 Å². The van der Waals surface area contributed by atoms with Crippen LogP contribution in [-0.2, 0) is 16.6 Å². The van der Waals surface area contributed by atoms with Gasteiger partial charge in [0.2, 0.25) is 5.91 Å². The van der Waals surface area contributed by atoms with E-state index < -0.39 is 17.1 Å². The van der Waals surface area contributed by atoms with E-state index in [9.17, 15) is 15.0 Å².